The minimum Gasteiger partial charge on any atom is -0.469 e. The monoisotopic (exact) mass is 317 g/mol. The van der Waals surface area contributed by atoms with Crippen LogP contribution in [0.5, 0.6) is 0 Å². The van der Waals surface area contributed by atoms with Crippen molar-refractivity contribution in [3.63, 3.8) is 0 Å². The molecule has 2 heterocycles. The third kappa shape index (κ3) is 3.89. The molecule has 0 aliphatic carbocycles. The van der Waals surface area contributed by atoms with E-state index in [0.29, 0.717) is 0 Å². The SMILES string of the molecule is COC(=O)C1CCN(c2ccc(C(C)(C)C)s2)CC1.Cl. The summed E-state index contributed by atoms with van der Waals surface area (Å²) in [5, 5.41) is 1.33. The van der Waals surface area contributed by atoms with Crippen molar-refractivity contribution in [2.24, 2.45) is 5.92 Å². The van der Waals surface area contributed by atoms with E-state index in [9.17, 15) is 4.79 Å². The molecule has 0 saturated carbocycles. The quantitative estimate of drug-likeness (QED) is 0.776. The molecule has 1 fully saturated rings. The minimum atomic E-state index is -0.0544. The topological polar surface area (TPSA) is 29.5 Å². The molecule has 0 spiro atoms. The first-order chi connectivity index (χ1) is 8.91. The third-order valence-corrected chi connectivity index (χ3v) is 5.24. The van der Waals surface area contributed by atoms with Crippen LogP contribution in [0.1, 0.15) is 38.5 Å². The van der Waals surface area contributed by atoms with Crippen LogP contribution in [0.25, 0.3) is 0 Å². The van der Waals surface area contributed by atoms with Crippen LogP contribution in [0.4, 0.5) is 5.00 Å². The van der Waals surface area contributed by atoms with Crippen molar-refractivity contribution in [2.45, 2.75) is 39.0 Å². The Balaban J connectivity index is 0.00000200. The number of carbonyl (C=O) groups excluding carboxylic acids is 1. The molecular formula is C15H24ClNO2S. The van der Waals surface area contributed by atoms with Gasteiger partial charge in [0.2, 0.25) is 0 Å². The highest BCUT2D eigenvalue weighted by atomic mass is 35.5. The maximum absolute atomic E-state index is 11.5. The van der Waals surface area contributed by atoms with Gasteiger partial charge in [0.15, 0.2) is 0 Å². The average Bonchev–Trinajstić information content (AvgIpc) is 2.87. The first-order valence-corrected chi connectivity index (χ1v) is 7.66. The fourth-order valence-corrected chi connectivity index (χ4v) is 3.52. The Bertz CT molecular complexity index is 445. The van der Waals surface area contributed by atoms with Crippen LogP contribution < -0.4 is 4.90 Å². The van der Waals surface area contributed by atoms with Gasteiger partial charge in [0, 0.05) is 18.0 Å². The van der Waals surface area contributed by atoms with Gasteiger partial charge in [0.25, 0.3) is 0 Å². The summed E-state index contributed by atoms with van der Waals surface area (Å²) in [5.41, 5.74) is 0.216. The maximum Gasteiger partial charge on any atom is 0.308 e. The Hall–Kier alpha value is -0.740. The highest BCUT2D eigenvalue weighted by Gasteiger charge is 2.27. The number of nitrogens with zero attached hydrogens (tertiary/aromatic N) is 1. The van der Waals surface area contributed by atoms with Gasteiger partial charge in [-0.25, -0.2) is 0 Å². The van der Waals surface area contributed by atoms with Crippen molar-refractivity contribution in [2.75, 3.05) is 25.1 Å². The summed E-state index contributed by atoms with van der Waals surface area (Å²) in [7, 11) is 1.48. The van der Waals surface area contributed by atoms with Gasteiger partial charge in [0.05, 0.1) is 18.0 Å². The molecule has 0 atom stereocenters. The number of anilines is 1. The van der Waals surface area contributed by atoms with Crippen LogP contribution in [0.15, 0.2) is 12.1 Å². The first kappa shape index (κ1) is 17.3. The first-order valence-electron chi connectivity index (χ1n) is 6.85. The number of hydrogen-bond acceptors (Lipinski definition) is 4. The van der Waals surface area contributed by atoms with Gasteiger partial charge in [-0.1, -0.05) is 20.8 Å². The Morgan fingerprint density at radius 3 is 2.35 bits per heavy atom. The van der Waals surface area contributed by atoms with E-state index in [1.54, 1.807) is 0 Å². The van der Waals surface area contributed by atoms with Gasteiger partial charge in [-0.05, 0) is 30.4 Å². The zero-order chi connectivity index (χ0) is 14.0. The van der Waals surface area contributed by atoms with E-state index in [2.05, 4.69) is 37.8 Å². The zero-order valence-electron chi connectivity index (χ0n) is 12.6. The molecular weight excluding hydrogens is 294 g/mol. The molecule has 1 aliphatic heterocycles. The second-order valence-corrected chi connectivity index (χ2v) is 7.23. The standard InChI is InChI=1S/C15H23NO2S.ClH/c1-15(2,3)12-5-6-13(19-12)16-9-7-11(8-10-16)14(17)18-4;/h5-6,11H,7-10H2,1-4H3;1H. The molecule has 1 aliphatic rings. The van der Waals surface area contributed by atoms with Crippen LogP contribution >= 0.6 is 23.7 Å². The number of esters is 1. The Morgan fingerprint density at radius 2 is 1.90 bits per heavy atom. The molecule has 0 aromatic carbocycles. The number of rotatable bonds is 2. The molecule has 1 aromatic heterocycles. The van der Waals surface area contributed by atoms with Crippen molar-refractivity contribution >= 4 is 34.7 Å². The second kappa shape index (κ2) is 6.81. The lowest BCUT2D eigenvalue weighted by atomic mass is 9.95. The van der Waals surface area contributed by atoms with E-state index < -0.39 is 0 Å². The molecule has 0 bridgehead atoms. The van der Waals surface area contributed by atoms with E-state index in [1.165, 1.54) is 17.0 Å². The average molecular weight is 318 g/mol. The van der Waals surface area contributed by atoms with Crippen molar-refractivity contribution in [1.82, 2.24) is 0 Å². The molecule has 5 heteroatoms. The Kier molecular flexibility index (Phi) is 5.90. The molecule has 0 unspecified atom stereocenters. The number of halogens is 1. The molecule has 20 heavy (non-hydrogen) atoms. The molecule has 0 radical (unpaired) electrons. The van der Waals surface area contributed by atoms with Crippen LogP contribution in [-0.4, -0.2) is 26.2 Å². The van der Waals surface area contributed by atoms with Gasteiger partial charge >= 0.3 is 5.97 Å². The Morgan fingerprint density at radius 1 is 1.30 bits per heavy atom. The molecule has 1 saturated heterocycles. The van der Waals surface area contributed by atoms with E-state index >= 15 is 0 Å². The summed E-state index contributed by atoms with van der Waals surface area (Å²) in [4.78, 5) is 15.3. The highest BCUT2D eigenvalue weighted by Crippen LogP contribution is 2.35. The number of ether oxygens (including phenoxy) is 1. The maximum atomic E-state index is 11.5. The lowest BCUT2D eigenvalue weighted by Crippen LogP contribution is -2.36. The van der Waals surface area contributed by atoms with Crippen molar-refractivity contribution in [1.29, 1.82) is 0 Å². The molecule has 2 rings (SSSR count). The van der Waals surface area contributed by atoms with Gasteiger partial charge in [0.1, 0.15) is 0 Å². The van der Waals surface area contributed by atoms with Crippen molar-refractivity contribution in [3.05, 3.63) is 17.0 Å². The smallest absolute Gasteiger partial charge is 0.308 e. The number of carbonyl (C=O) groups is 1. The predicted octanol–water partition coefficient (Wildman–Crippen LogP) is 3.86. The number of piperidine rings is 1. The summed E-state index contributed by atoms with van der Waals surface area (Å²) in [6.45, 7) is 8.62. The summed E-state index contributed by atoms with van der Waals surface area (Å²) in [6, 6.07) is 4.44. The fraction of sp³-hybridized carbons (Fsp3) is 0.667. The second-order valence-electron chi connectivity index (χ2n) is 6.17. The van der Waals surface area contributed by atoms with Crippen LogP contribution in [0.3, 0.4) is 0 Å². The van der Waals surface area contributed by atoms with Gasteiger partial charge in [-0.3, -0.25) is 4.79 Å². The van der Waals surface area contributed by atoms with Crippen LogP contribution in [-0.2, 0) is 14.9 Å². The van der Waals surface area contributed by atoms with Crippen LogP contribution in [0, 0.1) is 5.92 Å². The summed E-state index contributed by atoms with van der Waals surface area (Å²) >= 11 is 1.87. The largest absolute Gasteiger partial charge is 0.469 e. The van der Waals surface area contributed by atoms with Gasteiger partial charge in [-0.15, -0.1) is 23.7 Å². The molecule has 3 nitrogen and oxygen atoms in total. The normalized spacial score (nSPS) is 16.7. The van der Waals surface area contributed by atoms with E-state index in [0.717, 1.165) is 25.9 Å². The lowest BCUT2D eigenvalue weighted by Gasteiger charge is -2.31. The molecule has 114 valence electrons. The molecule has 1 aromatic rings. The summed E-state index contributed by atoms with van der Waals surface area (Å²) < 4.78 is 4.82. The highest BCUT2D eigenvalue weighted by molar-refractivity contribution is 7.16. The van der Waals surface area contributed by atoms with E-state index in [-0.39, 0.29) is 29.7 Å². The summed E-state index contributed by atoms with van der Waals surface area (Å²) in [5.74, 6) is 0.0320. The number of thiophene rings is 1. The number of methoxy groups -OCH3 is 1. The van der Waals surface area contributed by atoms with Gasteiger partial charge < -0.3 is 9.64 Å². The minimum absolute atomic E-state index is 0. The zero-order valence-corrected chi connectivity index (χ0v) is 14.3. The lowest BCUT2D eigenvalue weighted by molar-refractivity contribution is -0.146. The predicted molar refractivity (Wildman–Crippen MR) is 87.2 cm³/mol. The molecule has 0 amide bonds. The van der Waals surface area contributed by atoms with E-state index in [4.69, 9.17) is 4.74 Å². The fourth-order valence-electron chi connectivity index (χ4n) is 2.40. The number of hydrogen-bond donors (Lipinski definition) is 0. The van der Waals surface area contributed by atoms with Crippen molar-refractivity contribution in [3.8, 4) is 0 Å². The van der Waals surface area contributed by atoms with Crippen LogP contribution in [0.2, 0.25) is 0 Å². The third-order valence-electron chi connectivity index (χ3n) is 3.67. The molecule has 0 N–H and O–H groups in total. The van der Waals surface area contributed by atoms with Crippen molar-refractivity contribution < 1.29 is 9.53 Å². The Labute approximate surface area is 131 Å². The van der Waals surface area contributed by atoms with E-state index in [1.807, 2.05) is 11.3 Å². The summed E-state index contributed by atoms with van der Waals surface area (Å²) in [6.07, 6.45) is 1.80. The van der Waals surface area contributed by atoms with Gasteiger partial charge in [-0.2, -0.15) is 0 Å².